The number of halogens is 1. The number of allylic oxidation sites excluding steroid dienone is 1. The largest absolute Gasteiger partial charge is 0.328 e. The molecule has 48 valence electrons. The van der Waals surface area contributed by atoms with Crippen molar-refractivity contribution < 1.29 is 4.39 Å². The van der Waals surface area contributed by atoms with Crippen molar-refractivity contribution in [3.8, 4) is 0 Å². The third-order valence-electron chi connectivity index (χ3n) is 0.771. The molecule has 1 unspecified atom stereocenters. The molecular weight excluding hydrogens is 105 g/mol. The quantitative estimate of drug-likeness (QED) is 0.584. The lowest BCUT2D eigenvalue weighted by atomic mass is 10.2. The van der Waals surface area contributed by atoms with Crippen molar-refractivity contribution in [2.24, 2.45) is 5.73 Å². The van der Waals surface area contributed by atoms with Gasteiger partial charge in [0.1, 0.15) is 0 Å². The lowest BCUT2D eigenvalue weighted by molar-refractivity contribution is 0.624. The summed E-state index contributed by atoms with van der Waals surface area (Å²) in [7, 11) is 0. The van der Waals surface area contributed by atoms with E-state index >= 15 is 0 Å². The lowest BCUT2D eigenvalue weighted by Gasteiger charge is -1.96. The van der Waals surface area contributed by atoms with Crippen LogP contribution in [-0.2, 0) is 0 Å². The Balaban J connectivity index is 3.29. The molecule has 0 bridgehead atoms. The second-order valence-electron chi connectivity index (χ2n) is 2.00. The van der Waals surface area contributed by atoms with Crippen LogP contribution in [-0.4, -0.2) is 6.04 Å². The molecule has 0 spiro atoms. The van der Waals surface area contributed by atoms with E-state index in [-0.39, 0.29) is 11.9 Å². The SMILES string of the molecule is C/C(F)=C\CC(C)N. The van der Waals surface area contributed by atoms with E-state index in [0.29, 0.717) is 6.42 Å². The van der Waals surface area contributed by atoms with Gasteiger partial charge in [-0.1, -0.05) is 6.08 Å². The molecule has 0 aliphatic carbocycles. The number of hydrogen-bond acceptors (Lipinski definition) is 1. The molecular formula is C6H12FN. The van der Waals surface area contributed by atoms with Crippen LogP contribution in [0.15, 0.2) is 11.9 Å². The van der Waals surface area contributed by atoms with Crippen LogP contribution in [0.3, 0.4) is 0 Å². The van der Waals surface area contributed by atoms with Crippen molar-refractivity contribution in [3.05, 3.63) is 11.9 Å². The van der Waals surface area contributed by atoms with Gasteiger partial charge in [0.2, 0.25) is 0 Å². The van der Waals surface area contributed by atoms with E-state index in [0.717, 1.165) is 0 Å². The van der Waals surface area contributed by atoms with Crippen LogP contribution in [0.4, 0.5) is 4.39 Å². The van der Waals surface area contributed by atoms with Crippen molar-refractivity contribution in [2.45, 2.75) is 26.3 Å². The first kappa shape index (κ1) is 7.63. The topological polar surface area (TPSA) is 26.0 Å². The Morgan fingerprint density at radius 1 is 1.88 bits per heavy atom. The molecule has 0 aliphatic heterocycles. The number of nitrogens with two attached hydrogens (primary N) is 1. The van der Waals surface area contributed by atoms with Crippen LogP contribution in [0.2, 0.25) is 0 Å². The summed E-state index contributed by atoms with van der Waals surface area (Å²) in [5.74, 6) is -0.151. The predicted octanol–water partition coefficient (Wildman–Crippen LogP) is 1.60. The number of rotatable bonds is 2. The monoisotopic (exact) mass is 117 g/mol. The summed E-state index contributed by atoms with van der Waals surface area (Å²) in [6.07, 6.45) is 2.12. The second kappa shape index (κ2) is 3.61. The number of hydrogen-bond donors (Lipinski definition) is 1. The minimum absolute atomic E-state index is 0.0701. The molecule has 0 rings (SSSR count). The molecule has 8 heavy (non-hydrogen) atoms. The van der Waals surface area contributed by atoms with E-state index in [4.69, 9.17) is 5.73 Å². The zero-order valence-electron chi connectivity index (χ0n) is 5.32. The summed E-state index contributed by atoms with van der Waals surface area (Å²) in [6, 6.07) is 0.0701. The summed E-state index contributed by atoms with van der Waals surface area (Å²) >= 11 is 0. The average molecular weight is 117 g/mol. The van der Waals surface area contributed by atoms with E-state index < -0.39 is 0 Å². The molecule has 0 aromatic rings. The minimum Gasteiger partial charge on any atom is -0.328 e. The van der Waals surface area contributed by atoms with Crippen LogP contribution in [0.25, 0.3) is 0 Å². The highest BCUT2D eigenvalue weighted by atomic mass is 19.1. The fraction of sp³-hybridized carbons (Fsp3) is 0.667. The Kier molecular flexibility index (Phi) is 3.44. The Morgan fingerprint density at radius 3 is 2.50 bits per heavy atom. The van der Waals surface area contributed by atoms with Crippen LogP contribution in [0.1, 0.15) is 20.3 Å². The van der Waals surface area contributed by atoms with Gasteiger partial charge in [0.25, 0.3) is 0 Å². The van der Waals surface area contributed by atoms with Gasteiger partial charge in [-0.05, 0) is 20.3 Å². The lowest BCUT2D eigenvalue weighted by Crippen LogP contribution is -2.12. The standard InChI is InChI=1S/C6H12FN/c1-5(7)3-4-6(2)8/h3,6H,4,8H2,1-2H3/b5-3+. The maximum Gasteiger partial charge on any atom is 0.0929 e. The normalized spacial score (nSPS) is 16.2. The third kappa shape index (κ3) is 5.63. The van der Waals surface area contributed by atoms with Crippen LogP contribution in [0.5, 0.6) is 0 Å². The molecule has 0 heterocycles. The molecule has 0 amide bonds. The van der Waals surface area contributed by atoms with Gasteiger partial charge in [-0.25, -0.2) is 4.39 Å². The van der Waals surface area contributed by atoms with E-state index in [1.165, 1.54) is 13.0 Å². The molecule has 1 atom stereocenters. The highest BCUT2D eigenvalue weighted by Crippen LogP contribution is 1.96. The van der Waals surface area contributed by atoms with Crippen molar-refractivity contribution in [1.29, 1.82) is 0 Å². The Bertz CT molecular complexity index is 82.5. The van der Waals surface area contributed by atoms with E-state index in [1.807, 2.05) is 6.92 Å². The first-order chi connectivity index (χ1) is 3.63. The van der Waals surface area contributed by atoms with Gasteiger partial charge >= 0.3 is 0 Å². The van der Waals surface area contributed by atoms with Gasteiger partial charge in [0.05, 0.1) is 5.83 Å². The molecule has 0 aliphatic rings. The first-order valence-corrected chi connectivity index (χ1v) is 2.70. The smallest absolute Gasteiger partial charge is 0.0929 e. The predicted molar refractivity (Wildman–Crippen MR) is 33.1 cm³/mol. The summed E-state index contributed by atoms with van der Waals surface area (Å²) in [5.41, 5.74) is 5.33. The maximum atomic E-state index is 11.9. The molecule has 0 saturated carbocycles. The van der Waals surface area contributed by atoms with Crippen molar-refractivity contribution in [2.75, 3.05) is 0 Å². The van der Waals surface area contributed by atoms with E-state index in [9.17, 15) is 4.39 Å². The van der Waals surface area contributed by atoms with E-state index in [2.05, 4.69) is 0 Å². The van der Waals surface area contributed by atoms with Gasteiger partial charge in [0, 0.05) is 6.04 Å². The second-order valence-corrected chi connectivity index (χ2v) is 2.00. The molecule has 0 fully saturated rings. The summed E-state index contributed by atoms with van der Waals surface area (Å²) in [4.78, 5) is 0. The van der Waals surface area contributed by atoms with Gasteiger partial charge < -0.3 is 5.73 Å². The highest BCUT2D eigenvalue weighted by Gasteiger charge is 1.88. The Morgan fingerprint density at radius 2 is 2.38 bits per heavy atom. The zero-order valence-corrected chi connectivity index (χ0v) is 5.32. The summed E-state index contributed by atoms with van der Waals surface area (Å²) < 4.78 is 11.9. The fourth-order valence-electron chi connectivity index (χ4n) is 0.348. The fourth-order valence-corrected chi connectivity index (χ4v) is 0.348. The minimum atomic E-state index is -0.151. The van der Waals surface area contributed by atoms with Crippen LogP contribution in [0, 0.1) is 0 Å². The zero-order chi connectivity index (χ0) is 6.57. The van der Waals surface area contributed by atoms with Crippen molar-refractivity contribution in [3.63, 3.8) is 0 Å². The van der Waals surface area contributed by atoms with Crippen molar-refractivity contribution >= 4 is 0 Å². The first-order valence-electron chi connectivity index (χ1n) is 2.70. The molecule has 0 aromatic heterocycles. The van der Waals surface area contributed by atoms with Crippen LogP contribution < -0.4 is 5.73 Å². The molecule has 0 radical (unpaired) electrons. The molecule has 2 N–H and O–H groups in total. The van der Waals surface area contributed by atoms with Gasteiger partial charge in [-0.3, -0.25) is 0 Å². The average Bonchev–Trinajstić information content (AvgIpc) is 1.61. The van der Waals surface area contributed by atoms with Gasteiger partial charge in [0.15, 0.2) is 0 Å². The Hall–Kier alpha value is -0.370. The molecule has 1 nitrogen and oxygen atoms in total. The summed E-state index contributed by atoms with van der Waals surface area (Å²) in [5, 5.41) is 0. The van der Waals surface area contributed by atoms with Crippen molar-refractivity contribution in [1.82, 2.24) is 0 Å². The Labute approximate surface area is 49.4 Å². The van der Waals surface area contributed by atoms with Gasteiger partial charge in [-0.2, -0.15) is 0 Å². The summed E-state index contributed by atoms with van der Waals surface area (Å²) in [6.45, 7) is 3.27. The van der Waals surface area contributed by atoms with Gasteiger partial charge in [-0.15, -0.1) is 0 Å². The highest BCUT2D eigenvalue weighted by molar-refractivity contribution is 4.88. The van der Waals surface area contributed by atoms with Crippen LogP contribution >= 0.6 is 0 Å². The third-order valence-corrected chi connectivity index (χ3v) is 0.771. The van der Waals surface area contributed by atoms with E-state index in [1.54, 1.807) is 0 Å². The molecule has 0 saturated heterocycles. The molecule has 2 heteroatoms. The maximum absolute atomic E-state index is 11.9. The molecule has 0 aromatic carbocycles.